The van der Waals surface area contributed by atoms with E-state index in [0.717, 1.165) is 0 Å². The largest absolute Gasteiger partial charge is 0.459 e. The summed E-state index contributed by atoms with van der Waals surface area (Å²) in [5, 5.41) is 34.3. The van der Waals surface area contributed by atoms with Gasteiger partial charge in [-0.1, -0.05) is 146 Å². The highest BCUT2D eigenvalue weighted by molar-refractivity contribution is 5.93. The van der Waals surface area contributed by atoms with Crippen molar-refractivity contribution in [2.45, 2.75) is 92.1 Å². The molecule has 3 fully saturated rings. The van der Waals surface area contributed by atoms with Crippen LogP contribution in [0.1, 0.15) is 82.9 Å². The molecule has 3 saturated heterocycles. The molecule has 3 aliphatic rings. The van der Waals surface area contributed by atoms with Crippen LogP contribution >= 0.6 is 0 Å². The molecule has 98 heavy (non-hydrogen) atoms. The van der Waals surface area contributed by atoms with Crippen molar-refractivity contribution in [2.75, 3.05) is 19.8 Å². The van der Waals surface area contributed by atoms with Crippen molar-refractivity contribution in [3.63, 3.8) is 0 Å². The molecule has 3 N–H and O–H groups in total. The van der Waals surface area contributed by atoms with Crippen molar-refractivity contribution >= 4 is 47.8 Å². The third kappa shape index (κ3) is 16.9. The number of aliphatic hydroxyl groups excluding tert-OH is 3. The van der Waals surface area contributed by atoms with Gasteiger partial charge < -0.3 is 76.9 Å². The molecule has 8 aromatic rings. The standard InChI is InChI=1S/C74H64O24/c75-41-52-55(76)58(61(72(85)88-52)95-69(82)49-35-19-6-20-36-49)98-74-63(97-71(84)51-39-23-8-24-40-51)60(94-68(81)48-33-17-5-18-34-48)57(92-66(79)46-29-13-3-14-30-46)54(90-74)43-87-73-62(96-70(83)50-37-21-7-22-38-50)59(93-67(80)47-31-15-4-16-32-47)56(91-65(78)45-27-11-2-12-28-45)53(89-73)42-86-64(77)44-25-9-1-10-26-44/h1-40,52-63,72-76,85H,41-43H2/t52-,53-,54-,55-,56-,57-,58+,59+,60+,61-,62-,63-,72?,73-,74+/m1/s1. The minimum absolute atomic E-state index is 0.00444. The fourth-order valence-corrected chi connectivity index (χ4v) is 10.9. The highest BCUT2D eigenvalue weighted by atomic mass is 16.8. The zero-order valence-corrected chi connectivity index (χ0v) is 51.8. The van der Waals surface area contributed by atoms with E-state index in [1.54, 1.807) is 84.9 Å². The van der Waals surface area contributed by atoms with Gasteiger partial charge in [0.15, 0.2) is 61.6 Å². The normalized spacial score (nSPS) is 25.0. The Bertz CT molecular complexity index is 3970. The molecule has 0 saturated carbocycles. The summed E-state index contributed by atoms with van der Waals surface area (Å²) >= 11 is 0. The van der Waals surface area contributed by atoms with Crippen molar-refractivity contribution < 1.29 is 115 Å². The summed E-state index contributed by atoms with van der Waals surface area (Å²) in [4.78, 5) is 115. The topological polar surface area (TPSA) is 317 Å². The zero-order valence-electron chi connectivity index (χ0n) is 51.8. The van der Waals surface area contributed by atoms with E-state index in [4.69, 9.17) is 61.6 Å². The van der Waals surface area contributed by atoms with Gasteiger partial charge in [-0.3, -0.25) is 0 Å². The minimum atomic E-state index is -2.23. The van der Waals surface area contributed by atoms with Crippen LogP contribution in [0.25, 0.3) is 0 Å². The maximum absolute atomic E-state index is 14.8. The number of carbonyl (C=O) groups excluding carboxylic acids is 8. The van der Waals surface area contributed by atoms with Crippen LogP contribution in [0, 0.1) is 0 Å². The monoisotopic (exact) mass is 1340 g/mol. The first-order valence-corrected chi connectivity index (χ1v) is 31.0. The summed E-state index contributed by atoms with van der Waals surface area (Å²) in [5.41, 5.74) is -0.237. The lowest BCUT2D eigenvalue weighted by Crippen LogP contribution is -2.67. The Labute approximate surface area is 559 Å². The van der Waals surface area contributed by atoms with Gasteiger partial charge in [-0.05, 0) is 97.1 Å². The molecule has 3 heterocycles. The van der Waals surface area contributed by atoms with E-state index < -0.39 is 160 Å². The van der Waals surface area contributed by atoms with E-state index in [1.165, 1.54) is 158 Å². The van der Waals surface area contributed by atoms with Crippen LogP contribution in [0.3, 0.4) is 0 Å². The lowest BCUT2D eigenvalue weighted by Gasteiger charge is -2.48. The van der Waals surface area contributed by atoms with E-state index in [0.29, 0.717) is 0 Å². The predicted octanol–water partition coefficient (Wildman–Crippen LogP) is 7.34. The summed E-state index contributed by atoms with van der Waals surface area (Å²) in [5.74, 6) is -8.35. The number of hydrogen-bond donors (Lipinski definition) is 3. The Hall–Kier alpha value is -10.8. The van der Waals surface area contributed by atoms with Gasteiger partial charge in [0, 0.05) is 0 Å². The van der Waals surface area contributed by atoms with Crippen LogP contribution in [0.15, 0.2) is 243 Å². The number of ether oxygens (including phenoxy) is 13. The number of carbonyl (C=O) groups is 8. The lowest BCUT2D eigenvalue weighted by molar-refractivity contribution is -0.360. The molecule has 8 aromatic carbocycles. The molecule has 1 unspecified atom stereocenters. The number of esters is 8. The van der Waals surface area contributed by atoms with Crippen LogP contribution in [-0.4, -0.2) is 175 Å². The third-order valence-electron chi connectivity index (χ3n) is 15.9. The lowest BCUT2D eigenvalue weighted by atomic mass is 9.95. The molecule has 11 rings (SSSR count). The average Bonchev–Trinajstić information content (AvgIpc) is 0.772. The van der Waals surface area contributed by atoms with Crippen molar-refractivity contribution in [3.8, 4) is 0 Å². The molecule has 24 heteroatoms. The number of aliphatic hydroxyl groups is 3. The van der Waals surface area contributed by atoms with Crippen molar-refractivity contribution in [2.24, 2.45) is 0 Å². The zero-order chi connectivity index (χ0) is 68.5. The molecule has 504 valence electrons. The Morgan fingerprint density at radius 2 is 0.551 bits per heavy atom. The molecule has 0 spiro atoms. The molecule has 0 bridgehead atoms. The van der Waals surface area contributed by atoms with Crippen molar-refractivity contribution in [1.29, 1.82) is 0 Å². The van der Waals surface area contributed by atoms with E-state index in [2.05, 4.69) is 0 Å². The average molecular weight is 1340 g/mol. The molecule has 0 aliphatic carbocycles. The fourth-order valence-electron chi connectivity index (χ4n) is 10.9. The van der Waals surface area contributed by atoms with E-state index in [9.17, 15) is 53.7 Å². The summed E-state index contributed by atoms with van der Waals surface area (Å²) in [6, 6.07) is 60.4. The summed E-state index contributed by atoms with van der Waals surface area (Å²) in [7, 11) is 0. The van der Waals surface area contributed by atoms with Crippen LogP contribution in [0.5, 0.6) is 0 Å². The number of benzene rings is 8. The molecular weight excluding hydrogens is 1270 g/mol. The second-order valence-corrected chi connectivity index (χ2v) is 22.4. The van der Waals surface area contributed by atoms with Gasteiger partial charge in [-0.15, -0.1) is 0 Å². The van der Waals surface area contributed by atoms with Crippen LogP contribution in [0.2, 0.25) is 0 Å². The van der Waals surface area contributed by atoms with Gasteiger partial charge in [0.2, 0.25) is 0 Å². The Morgan fingerprint density at radius 3 is 0.878 bits per heavy atom. The van der Waals surface area contributed by atoms with Crippen molar-refractivity contribution in [1.82, 2.24) is 0 Å². The summed E-state index contributed by atoms with van der Waals surface area (Å²) in [6.07, 6.45) is -29.9. The molecule has 24 nitrogen and oxygen atoms in total. The second-order valence-electron chi connectivity index (χ2n) is 22.4. The summed E-state index contributed by atoms with van der Waals surface area (Å²) in [6.45, 7) is -2.74. The van der Waals surface area contributed by atoms with Crippen molar-refractivity contribution in [3.05, 3.63) is 287 Å². The predicted molar refractivity (Wildman–Crippen MR) is 338 cm³/mol. The molecular formula is C74H64O24. The Morgan fingerprint density at radius 1 is 0.286 bits per heavy atom. The van der Waals surface area contributed by atoms with Crippen LogP contribution < -0.4 is 0 Å². The smallest absolute Gasteiger partial charge is 0.338 e. The van der Waals surface area contributed by atoms with Gasteiger partial charge in [0.25, 0.3) is 0 Å². The molecule has 0 aromatic heterocycles. The molecule has 0 radical (unpaired) electrons. The SMILES string of the molecule is O=C(OC[C@H]1O[C@@H](OC[C@H]2O[C@@H](O[C@H]3[C@H](O)[C@@H](CO)OC(O)[C@@H]3OC(=O)c3ccccc3)[C@H](OC(=O)c3ccccc3)[C@@H](OC(=O)c3ccccc3)[C@@H]2OC(=O)c2ccccc2)[C@H](OC(=O)c2ccccc2)[C@@H](OC(=O)c2ccccc2)[C@@H]1OC(=O)c1ccccc1)c1ccccc1. The quantitative estimate of drug-likeness (QED) is 0.0416. The second kappa shape index (κ2) is 32.8. The first-order valence-electron chi connectivity index (χ1n) is 31.0. The van der Waals surface area contributed by atoms with Gasteiger partial charge in [-0.2, -0.15) is 0 Å². The maximum Gasteiger partial charge on any atom is 0.338 e. The van der Waals surface area contributed by atoms with Gasteiger partial charge in [0.1, 0.15) is 37.1 Å². The van der Waals surface area contributed by atoms with Gasteiger partial charge in [-0.25, -0.2) is 38.4 Å². The maximum atomic E-state index is 14.8. The first kappa shape index (κ1) is 68.6. The van der Waals surface area contributed by atoms with Gasteiger partial charge in [0.05, 0.1) is 57.7 Å². The van der Waals surface area contributed by atoms with E-state index >= 15 is 0 Å². The highest BCUT2D eigenvalue weighted by Crippen LogP contribution is 2.38. The number of hydrogen-bond acceptors (Lipinski definition) is 24. The third-order valence-corrected chi connectivity index (χ3v) is 15.9. The minimum Gasteiger partial charge on any atom is -0.459 e. The van der Waals surface area contributed by atoms with E-state index in [1.807, 2.05) is 0 Å². The van der Waals surface area contributed by atoms with E-state index in [-0.39, 0.29) is 44.5 Å². The molecule has 15 atom stereocenters. The van der Waals surface area contributed by atoms with Crippen LogP contribution in [-0.2, 0) is 61.6 Å². The van der Waals surface area contributed by atoms with Crippen LogP contribution in [0.4, 0.5) is 0 Å². The molecule has 0 amide bonds. The van der Waals surface area contributed by atoms with Gasteiger partial charge >= 0.3 is 47.8 Å². The fraction of sp³-hybridized carbons (Fsp3) is 0.243. The Kier molecular flexibility index (Phi) is 22.9. The Balaban J connectivity index is 1.05. The number of rotatable bonds is 23. The summed E-state index contributed by atoms with van der Waals surface area (Å²) < 4.78 is 81.8. The first-order chi connectivity index (χ1) is 47.7. The molecule has 3 aliphatic heterocycles. The highest BCUT2D eigenvalue weighted by Gasteiger charge is 2.59.